The predicted molar refractivity (Wildman–Crippen MR) is 86.7 cm³/mol. The number of fused-ring (bicyclic) bond motifs is 2. The summed E-state index contributed by atoms with van der Waals surface area (Å²) in [5.74, 6) is 3.05. The van der Waals surface area contributed by atoms with E-state index in [-0.39, 0.29) is 0 Å². The van der Waals surface area contributed by atoms with Gasteiger partial charge in [-0.1, -0.05) is 13.3 Å². The first-order chi connectivity index (χ1) is 9.74. The molecule has 20 heavy (non-hydrogen) atoms. The van der Waals surface area contributed by atoms with Gasteiger partial charge in [-0.2, -0.15) is 0 Å². The summed E-state index contributed by atoms with van der Waals surface area (Å²) in [5, 5.41) is 3.68. The van der Waals surface area contributed by atoms with Crippen molar-refractivity contribution in [2.45, 2.75) is 51.5 Å². The fourth-order valence-corrected chi connectivity index (χ4v) is 4.57. The quantitative estimate of drug-likeness (QED) is 0.842. The summed E-state index contributed by atoms with van der Waals surface area (Å²) in [5.41, 5.74) is 1.21. The summed E-state index contributed by atoms with van der Waals surface area (Å²) in [4.78, 5) is 4.54. The average molecular weight is 337 g/mol. The third-order valence-electron chi connectivity index (χ3n) is 5.21. The molecule has 2 fully saturated rings. The Labute approximate surface area is 130 Å². The molecule has 1 heterocycles. The van der Waals surface area contributed by atoms with Crippen LogP contribution in [0.15, 0.2) is 22.8 Å². The second kappa shape index (κ2) is 6.57. The number of aromatic nitrogens is 1. The highest BCUT2D eigenvalue weighted by molar-refractivity contribution is 9.10. The maximum absolute atomic E-state index is 4.54. The van der Waals surface area contributed by atoms with Crippen LogP contribution in [-0.4, -0.2) is 17.6 Å². The van der Waals surface area contributed by atoms with E-state index < -0.39 is 0 Å². The molecule has 2 saturated carbocycles. The molecule has 0 radical (unpaired) electrons. The van der Waals surface area contributed by atoms with E-state index in [1.165, 1.54) is 37.8 Å². The van der Waals surface area contributed by atoms with Crippen LogP contribution in [0.25, 0.3) is 0 Å². The fraction of sp³-hybridized carbons (Fsp3) is 0.706. The first kappa shape index (κ1) is 14.5. The number of likely N-dealkylation sites (N-methyl/N-ethyl adjacent to an activating group) is 1. The van der Waals surface area contributed by atoms with Crippen LogP contribution in [0.3, 0.4) is 0 Å². The Morgan fingerprint density at radius 2 is 2.25 bits per heavy atom. The van der Waals surface area contributed by atoms with Gasteiger partial charge in [0.2, 0.25) is 0 Å². The van der Waals surface area contributed by atoms with Gasteiger partial charge in [0, 0.05) is 28.8 Å². The Balaban J connectivity index is 1.59. The molecule has 0 aliphatic heterocycles. The number of hydrogen-bond donors (Lipinski definition) is 1. The van der Waals surface area contributed by atoms with Crippen LogP contribution in [0.1, 0.15) is 44.7 Å². The van der Waals surface area contributed by atoms with Crippen LogP contribution in [0.4, 0.5) is 0 Å². The lowest BCUT2D eigenvalue weighted by molar-refractivity contribution is 0.277. The molecule has 2 bridgehead atoms. The topological polar surface area (TPSA) is 24.9 Å². The number of nitrogens with one attached hydrogen (secondary N) is 1. The normalized spacial score (nSPS) is 29.8. The zero-order valence-electron chi connectivity index (χ0n) is 12.3. The Kier molecular flexibility index (Phi) is 4.77. The number of hydrogen-bond acceptors (Lipinski definition) is 2. The van der Waals surface area contributed by atoms with Crippen LogP contribution in [0, 0.1) is 17.8 Å². The van der Waals surface area contributed by atoms with Crippen molar-refractivity contribution in [2.24, 2.45) is 17.8 Å². The van der Waals surface area contributed by atoms with Crippen molar-refractivity contribution >= 4 is 15.9 Å². The van der Waals surface area contributed by atoms with Gasteiger partial charge in [0.25, 0.3) is 0 Å². The Morgan fingerprint density at radius 3 is 2.85 bits per heavy atom. The molecule has 0 amide bonds. The molecule has 4 atom stereocenters. The second-order valence-electron chi connectivity index (χ2n) is 6.60. The van der Waals surface area contributed by atoms with Crippen LogP contribution >= 0.6 is 15.9 Å². The lowest BCUT2D eigenvalue weighted by Crippen LogP contribution is -2.34. The third kappa shape index (κ3) is 3.43. The van der Waals surface area contributed by atoms with E-state index in [0.717, 1.165) is 35.2 Å². The monoisotopic (exact) mass is 336 g/mol. The van der Waals surface area contributed by atoms with E-state index in [1.54, 1.807) is 0 Å². The maximum atomic E-state index is 4.54. The van der Waals surface area contributed by atoms with Crippen molar-refractivity contribution in [3.05, 3.63) is 28.5 Å². The van der Waals surface area contributed by atoms with E-state index in [0.29, 0.717) is 6.04 Å². The third-order valence-corrected chi connectivity index (χ3v) is 5.68. The van der Waals surface area contributed by atoms with E-state index in [1.807, 2.05) is 6.20 Å². The van der Waals surface area contributed by atoms with Crippen molar-refractivity contribution < 1.29 is 0 Å². The number of rotatable bonds is 6. The van der Waals surface area contributed by atoms with E-state index in [9.17, 15) is 0 Å². The van der Waals surface area contributed by atoms with Gasteiger partial charge in [0.1, 0.15) is 0 Å². The predicted octanol–water partition coefficient (Wildman–Crippen LogP) is 4.19. The molecule has 3 rings (SSSR count). The van der Waals surface area contributed by atoms with Crippen LogP contribution < -0.4 is 5.32 Å². The second-order valence-corrected chi connectivity index (χ2v) is 7.51. The Hall–Kier alpha value is -0.410. The van der Waals surface area contributed by atoms with Crippen molar-refractivity contribution in [1.82, 2.24) is 10.3 Å². The van der Waals surface area contributed by atoms with E-state index >= 15 is 0 Å². The molecule has 2 aliphatic carbocycles. The lowest BCUT2D eigenvalue weighted by Gasteiger charge is -2.27. The molecule has 0 spiro atoms. The largest absolute Gasteiger partial charge is 0.314 e. The van der Waals surface area contributed by atoms with Crippen LogP contribution in [-0.2, 0) is 6.42 Å². The van der Waals surface area contributed by atoms with Gasteiger partial charge < -0.3 is 5.32 Å². The highest BCUT2D eigenvalue weighted by atomic mass is 79.9. The number of pyridine rings is 1. The number of nitrogens with zero attached hydrogens (tertiary/aromatic N) is 1. The molecule has 3 heteroatoms. The minimum absolute atomic E-state index is 0.595. The molecular weight excluding hydrogens is 312 g/mol. The average Bonchev–Trinajstić information content (AvgIpc) is 3.04. The minimum atomic E-state index is 0.595. The maximum Gasteiger partial charge on any atom is 0.0419 e. The summed E-state index contributed by atoms with van der Waals surface area (Å²) in [7, 11) is 0. The van der Waals surface area contributed by atoms with Gasteiger partial charge in [-0.15, -0.1) is 0 Å². The van der Waals surface area contributed by atoms with Crippen molar-refractivity contribution in [3.63, 3.8) is 0 Å². The van der Waals surface area contributed by atoms with Crippen molar-refractivity contribution in [2.75, 3.05) is 6.54 Å². The smallest absolute Gasteiger partial charge is 0.0419 e. The molecular formula is C17H25BrN2. The highest BCUT2D eigenvalue weighted by Gasteiger charge is 2.39. The Bertz CT molecular complexity index is 431. The van der Waals surface area contributed by atoms with E-state index in [2.05, 4.69) is 45.3 Å². The summed E-state index contributed by atoms with van der Waals surface area (Å²) in [6, 6.07) is 4.84. The zero-order valence-corrected chi connectivity index (χ0v) is 13.9. The van der Waals surface area contributed by atoms with Gasteiger partial charge in [-0.25, -0.2) is 0 Å². The van der Waals surface area contributed by atoms with E-state index in [4.69, 9.17) is 0 Å². The Morgan fingerprint density at radius 1 is 1.35 bits per heavy atom. The van der Waals surface area contributed by atoms with Gasteiger partial charge >= 0.3 is 0 Å². The molecule has 0 aromatic carbocycles. The van der Waals surface area contributed by atoms with Crippen LogP contribution in [0.5, 0.6) is 0 Å². The summed E-state index contributed by atoms with van der Waals surface area (Å²) >= 11 is 3.46. The minimum Gasteiger partial charge on any atom is -0.314 e. The van der Waals surface area contributed by atoms with Crippen LogP contribution in [0.2, 0.25) is 0 Å². The van der Waals surface area contributed by atoms with Crippen molar-refractivity contribution in [3.8, 4) is 0 Å². The van der Waals surface area contributed by atoms with Gasteiger partial charge in [0.05, 0.1) is 0 Å². The summed E-state index contributed by atoms with van der Waals surface area (Å²) in [6.45, 7) is 3.27. The van der Waals surface area contributed by atoms with Crippen molar-refractivity contribution in [1.29, 1.82) is 0 Å². The number of halogens is 1. The standard InChI is InChI=1S/C17H25BrN2/c1-2-19-17(10-16-6-5-15(18)11-20-16)9-14-8-12-3-4-13(14)7-12/h5-6,11-14,17,19H,2-4,7-10H2,1H3. The van der Waals surface area contributed by atoms with Gasteiger partial charge in [-0.05, 0) is 78.0 Å². The summed E-state index contributed by atoms with van der Waals surface area (Å²) in [6.07, 6.45) is 10.3. The fourth-order valence-electron chi connectivity index (χ4n) is 4.34. The molecule has 4 unspecified atom stereocenters. The summed E-state index contributed by atoms with van der Waals surface area (Å²) < 4.78 is 1.06. The zero-order chi connectivity index (χ0) is 13.9. The molecule has 1 aromatic rings. The SMILES string of the molecule is CCNC(Cc1ccc(Br)cn1)CC1CC2CCC1C2. The molecule has 2 aliphatic rings. The first-order valence-corrected chi connectivity index (χ1v) is 8.87. The first-order valence-electron chi connectivity index (χ1n) is 8.08. The molecule has 1 aromatic heterocycles. The molecule has 0 saturated heterocycles. The van der Waals surface area contributed by atoms with Gasteiger partial charge in [0.15, 0.2) is 0 Å². The molecule has 1 N–H and O–H groups in total. The van der Waals surface area contributed by atoms with Gasteiger partial charge in [-0.3, -0.25) is 4.98 Å². The highest BCUT2D eigenvalue weighted by Crippen LogP contribution is 2.49. The lowest BCUT2D eigenvalue weighted by atomic mass is 9.83. The molecule has 110 valence electrons. The molecule has 2 nitrogen and oxygen atoms in total.